The van der Waals surface area contributed by atoms with Gasteiger partial charge in [-0.25, -0.2) is 13.6 Å². The first-order valence-electron chi connectivity index (χ1n) is 11.4. The molecule has 1 aliphatic carbocycles. The molecule has 0 aromatic heterocycles. The van der Waals surface area contributed by atoms with Crippen molar-refractivity contribution in [3.8, 4) is 0 Å². The summed E-state index contributed by atoms with van der Waals surface area (Å²) in [5, 5.41) is 15.5. The third-order valence-corrected chi connectivity index (χ3v) is 6.32. The van der Waals surface area contributed by atoms with Crippen LogP contribution in [0.5, 0.6) is 0 Å². The molecule has 0 aromatic carbocycles. The van der Waals surface area contributed by atoms with E-state index in [9.17, 15) is 28.3 Å². The van der Waals surface area contributed by atoms with Gasteiger partial charge in [0.15, 0.2) is 0 Å². The zero-order valence-corrected chi connectivity index (χ0v) is 19.5. The summed E-state index contributed by atoms with van der Waals surface area (Å²) >= 11 is 0. The van der Waals surface area contributed by atoms with E-state index in [0.29, 0.717) is 19.4 Å². The summed E-state index contributed by atoms with van der Waals surface area (Å²) in [6.45, 7) is 5.70. The second kappa shape index (κ2) is 10.8. The second-order valence-electron chi connectivity index (χ2n) is 9.88. The highest BCUT2D eigenvalue weighted by Gasteiger charge is 2.40. The number of nitrogens with zero attached hydrogens (tertiary/aromatic N) is 1. The minimum absolute atomic E-state index is 0.0790. The van der Waals surface area contributed by atoms with Gasteiger partial charge < -0.3 is 20.5 Å². The molecule has 184 valence electrons. The molecule has 1 saturated heterocycles. The van der Waals surface area contributed by atoms with Gasteiger partial charge in [-0.2, -0.15) is 0 Å². The van der Waals surface area contributed by atoms with E-state index in [1.165, 1.54) is 11.9 Å². The van der Waals surface area contributed by atoms with Crippen LogP contribution in [0.25, 0.3) is 0 Å². The van der Waals surface area contributed by atoms with E-state index in [4.69, 9.17) is 4.74 Å². The highest BCUT2D eigenvalue weighted by molar-refractivity contribution is 5.86. The van der Waals surface area contributed by atoms with Crippen LogP contribution in [0.1, 0.15) is 65.7 Å². The molecule has 0 spiro atoms. The van der Waals surface area contributed by atoms with Gasteiger partial charge in [0.1, 0.15) is 12.1 Å². The standard InChI is InChI=1S/C22H37F2N3O5/c1-14(2)11-17(27(4)20(31)32-16-5-8-22(23,24)9-6-16)19(30)26-21(3,13-28)12-15-7-10-25-18(15)29/h14-17,28H,5-13H2,1-4H3,(H,25,29)(H,26,30)/t15?,17-,21?/m0/s1. The molecule has 1 saturated carbocycles. The maximum Gasteiger partial charge on any atom is 0.410 e. The average Bonchev–Trinajstić information content (AvgIpc) is 3.11. The molecule has 2 aliphatic rings. The van der Waals surface area contributed by atoms with Crippen molar-refractivity contribution in [3.05, 3.63) is 0 Å². The Morgan fingerprint density at radius 1 is 1.31 bits per heavy atom. The van der Waals surface area contributed by atoms with Crippen molar-refractivity contribution in [2.75, 3.05) is 20.2 Å². The van der Waals surface area contributed by atoms with E-state index in [1.54, 1.807) is 6.92 Å². The quantitative estimate of drug-likeness (QED) is 0.489. The normalized spacial score (nSPS) is 23.9. The molecule has 0 radical (unpaired) electrons. The van der Waals surface area contributed by atoms with Crippen molar-refractivity contribution in [1.29, 1.82) is 0 Å². The van der Waals surface area contributed by atoms with Crippen LogP contribution in [-0.2, 0) is 14.3 Å². The maximum atomic E-state index is 13.4. The van der Waals surface area contributed by atoms with Crippen molar-refractivity contribution in [2.24, 2.45) is 11.8 Å². The van der Waals surface area contributed by atoms with Gasteiger partial charge in [-0.3, -0.25) is 14.5 Å². The van der Waals surface area contributed by atoms with Crippen LogP contribution in [0.3, 0.4) is 0 Å². The molecule has 0 aromatic rings. The summed E-state index contributed by atoms with van der Waals surface area (Å²) in [5.41, 5.74) is -1.03. The Morgan fingerprint density at radius 3 is 2.44 bits per heavy atom. The molecule has 8 nitrogen and oxygen atoms in total. The van der Waals surface area contributed by atoms with Crippen LogP contribution in [0, 0.1) is 11.8 Å². The Labute approximate surface area is 188 Å². The summed E-state index contributed by atoms with van der Waals surface area (Å²) in [7, 11) is 1.45. The van der Waals surface area contributed by atoms with Gasteiger partial charge in [0, 0.05) is 32.4 Å². The molecule has 3 N–H and O–H groups in total. The molecule has 1 aliphatic heterocycles. The lowest BCUT2D eigenvalue weighted by Crippen LogP contribution is -2.57. The number of aliphatic hydroxyl groups is 1. The number of aliphatic hydroxyl groups excluding tert-OH is 1. The topological polar surface area (TPSA) is 108 Å². The van der Waals surface area contributed by atoms with Crippen molar-refractivity contribution in [3.63, 3.8) is 0 Å². The average molecular weight is 462 g/mol. The van der Waals surface area contributed by atoms with E-state index >= 15 is 0 Å². The fraction of sp³-hybridized carbons (Fsp3) is 0.864. The van der Waals surface area contributed by atoms with Crippen LogP contribution in [0.4, 0.5) is 13.6 Å². The van der Waals surface area contributed by atoms with Crippen LogP contribution >= 0.6 is 0 Å². The van der Waals surface area contributed by atoms with E-state index in [1.807, 2.05) is 13.8 Å². The number of nitrogens with one attached hydrogen (secondary N) is 2. The summed E-state index contributed by atoms with van der Waals surface area (Å²) < 4.78 is 32.1. The molecule has 0 bridgehead atoms. The third kappa shape index (κ3) is 7.28. The number of hydrogen-bond donors (Lipinski definition) is 3. The minimum Gasteiger partial charge on any atom is -0.446 e. The first-order valence-corrected chi connectivity index (χ1v) is 11.4. The number of amides is 3. The van der Waals surface area contributed by atoms with Gasteiger partial charge in [-0.15, -0.1) is 0 Å². The fourth-order valence-corrected chi connectivity index (χ4v) is 4.29. The first kappa shape index (κ1) is 26.3. The molecule has 2 fully saturated rings. The zero-order chi connectivity index (χ0) is 24.1. The van der Waals surface area contributed by atoms with Gasteiger partial charge in [0.25, 0.3) is 0 Å². The van der Waals surface area contributed by atoms with Crippen LogP contribution < -0.4 is 10.6 Å². The molecule has 10 heteroatoms. The number of carbonyl (C=O) groups is 3. The Balaban J connectivity index is 2.03. The fourth-order valence-electron chi connectivity index (χ4n) is 4.29. The lowest BCUT2D eigenvalue weighted by atomic mass is 9.88. The molecule has 2 rings (SSSR count). The van der Waals surface area contributed by atoms with Crippen LogP contribution in [0.15, 0.2) is 0 Å². The van der Waals surface area contributed by atoms with Crippen molar-refractivity contribution < 1.29 is 33.0 Å². The third-order valence-electron chi connectivity index (χ3n) is 6.32. The summed E-state index contributed by atoms with van der Waals surface area (Å²) in [6.07, 6.45) is -0.558. The summed E-state index contributed by atoms with van der Waals surface area (Å²) in [6, 6.07) is -0.865. The highest BCUT2D eigenvalue weighted by atomic mass is 19.3. The first-order chi connectivity index (χ1) is 14.9. The van der Waals surface area contributed by atoms with Crippen molar-refractivity contribution >= 4 is 17.9 Å². The highest BCUT2D eigenvalue weighted by Crippen LogP contribution is 2.34. The molecule has 1 heterocycles. The summed E-state index contributed by atoms with van der Waals surface area (Å²) in [4.78, 5) is 39.0. The number of halogens is 2. The Morgan fingerprint density at radius 2 is 1.94 bits per heavy atom. The SMILES string of the molecule is CC(C)C[C@@H](C(=O)NC(C)(CO)CC1CCNC1=O)N(C)C(=O)OC1CCC(F)(F)CC1. The largest absolute Gasteiger partial charge is 0.446 e. The smallest absolute Gasteiger partial charge is 0.410 e. The molecular formula is C22H37F2N3O5. The predicted octanol–water partition coefficient (Wildman–Crippen LogP) is 2.44. The van der Waals surface area contributed by atoms with Crippen molar-refractivity contribution in [1.82, 2.24) is 15.5 Å². The summed E-state index contributed by atoms with van der Waals surface area (Å²) in [5.74, 6) is -3.50. The zero-order valence-electron chi connectivity index (χ0n) is 19.5. The molecule has 32 heavy (non-hydrogen) atoms. The van der Waals surface area contributed by atoms with E-state index in [-0.39, 0.29) is 56.5 Å². The van der Waals surface area contributed by atoms with Gasteiger partial charge in [-0.05, 0) is 44.9 Å². The van der Waals surface area contributed by atoms with E-state index in [2.05, 4.69) is 10.6 Å². The number of hydrogen-bond acceptors (Lipinski definition) is 5. The van der Waals surface area contributed by atoms with Crippen LogP contribution in [0.2, 0.25) is 0 Å². The molecule has 3 atom stereocenters. The van der Waals surface area contributed by atoms with Gasteiger partial charge in [0.2, 0.25) is 17.7 Å². The van der Waals surface area contributed by atoms with E-state index < -0.39 is 35.6 Å². The molecular weight excluding hydrogens is 424 g/mol. The second-order valence-corrected chi connectivity index (χ2v) is 9.88. The van der Waals surface area contributed by atoms with Crippen LogP contribution in [-0.4, -0.2) is 71.7 Å². The lowest BCUT2D eigenvalue weighted by Gasteiger charge is -2.36. The molecule has 3 amide bonds. The van der Waals surface area contributed by atoms with Gasteiger partial charge in [0.05, 0.1) is 12.1 Å². The Kier molecular flexibility index (Phi) is 8.84. The number of likely N-dealkylation sites (N-methyl/N-ethyl adjacent to an activating group) is 1. The number of carbonyl (C=O) groups excluding carboxylic acids is 3. The maximum absolute atomic E-state index is 13.4. The Bertz CT molecular complexity index is 680. The number of rotatable bonds is 9. The Hall–Kier alpha value is -1.97. The van der Waals surface area contributed by atoms with E-state index in [0.717, 1.165) is 0 Å². The number of ether oxygens (including phenoxy) is 1. The number of alkyl halides is 2. The molecule has 2 unspecified atom stereocenters. The van der Waals surface area contributed by atoms with Gasteiger partial charge >= 0.3 is 6.09 Å². The predicted molar refractivity (Wildman–Crippen MR) is 114 cm³/mol. The lowest BCUT2D eigenvalue weighted by molar-refractivity contribution is -0.130. The monoisotopic (exact) mass is 461 g/mol. The van der Waals surface area contributed by atoms with Crippen molar-refractivity contribution in [2.45, 2.75) is 89.3 Å². The van der Waals surface area contributed by atoms with Gasteiger partial charge in [-0.1, -0.05) is 13.8 Å². The minimum atomic E-state index is -2.72.